The molecule has 1 amide bonds. The van der Waals surface area contributed by atoms with Crippen LogP contribution in [0.1, 0.15) is 10.4 Å². The van der Waals surface area contributed by atoms with Gasteiger partial charge in [0.1, 0.15) is 5.82 Å². The standard InChI is InChI=1S/C17H19ClFN5O/c1-22(2)14-6-7-15(21-20-14)23-8-10-24(11-9-23)17(25)16-12(18)4-3-5-13(16)19/h3-7H,8-11H2,1-2H3. The highest BCUT2D eigenvalue weighted by molar-refractivity contribution is 6.33. The number of benzene rings is 1. The molecule has 8 heteroatoms. The van der Waals surface area contributed by atoms with Gasteiger partial charge in [-0.05, 0) is 24.3 Å². The Kier molecular flexibility index (Phi) is 5.03. The molecular formula is C17H19ClFN5O. The largest absolute Gasteiger partial charge is 0.361 e. The minimum atomic E-state index is -0.593. The van der Waals surface area contributed by atoms with E-state index in [1.165, 1.54) is 18.2 Å². The van der Waals surface area contributed by atoms with Crippen molar-refractivity contribution in [2.45, 2.75) is 0 Å². The van der Waals surface area contributed by atoms with Crippen LogP contribution in [0.2, 0.25) is 5.02 Å². The Bertz CT molecular complexity index is 740. The molecule has 0 unspecified atom stereocenters. The Morgan fingerprint density at radius 2 is 1.84 bits per heavy atom. The lowest BCUT2D eigenvalue weighted by Gasteiger charge is -2.35. The third-order valence-corrected chi connectivity index (χ3v) is 4.48. The lowest BCUT2D eigenvalue weighted by atomic mass is 10.1. The molecule has 25 heavy (non-hydrogen) atoms. The second-order valence-electron chi connectivity index (χ2n) is 6.02. The van der Waals surface area contributed by atoms with Gasteiger partial charge in [0.2, 0.25) is 0 Å². The molecule has 1 aliphatic heterocycles. The van der Waals surface area contributed by atoms with Crippen molar-refractivity contribution in [2.75, 3.05) is 50.1 Å². The van der Waals surface area contributed by atoms with Gasteiger partial charge in [0.05, 0.1) is 10.6 Å². The summed E-state index contributed by atoms with van der Waals surface area (Å²) in [5.41, 5.74) is -0.0623. The second kappa shape index (κ2) is 7.23. The minimum Gasteiger partial charge on any atom is -0.361 e. The first-order valence-corrected chi connectivity index (χ1v) is 8.34. The highest BCUT2D eigenvalue weighted by Crippen LogP contribution is 2.22. The summed E-state index contributed by atoms with van der Waals surface area (Å²) in [5.74, 6) is 0.579. The van der Waals surface area contributed by atoms with Crippen LogP contribution in [0.3, 0.4) is 0 Å². The number of hydrogen-bond acceptors (Lipinski definition) is 5. The summed E-state index contributed by atoms with van der Waals surface area (Å²) in [6, 6.07) is 8.07. The molecule has 0 atom stereocenters. The molecule has 1 fully saturated rings. The van der Waals surface area contributed by atoms with E-state index in [4.69, 9.17) is 11.6 Å². The molecule has 132 valence electrons. The van der Waals surface area contributed by atoms with Crippen LogP contribution >= 0.6 is 11.6 Å². The van der Waals surface area contributed by atoms with Crippen LogP contribution in [0.15, 0.2) is 30.3 Å². The van der Waals surface area contributed by atoms with Crippen molar-refractivity contribution in [2.24, 2.45) is 0 Å². The molecular weight excluding hydrogens is 345 g/mol. The highest BCUT2D eigenvalue weighted by Gasteiger charge is 2.26. The first-order chi connectivity index (χ1) is 12.0. The zero-order valence-electron chi connectivity index (χ0n) is 14.1. The molecule has 2 heterocycles. The maximum atomic E-state index is 13.9. The number of nitrogens with zero attached hydrogens (tertiary/aromatic N) is 5. The molecule has 0 N–H and O–H groups in total. The predicted molar refractivity (Wildman–Crippen MR) is 95.9 cm³/mol. The third-order valence-electron chi connectivity index (χ3n) is 4.16. The summed E-state index contributed by atoms with van der Waals surface area (Å²) in [7, 11) is 3.81. The average Bonchev–Trinajstić information content (AvgIpc) is 2.61. The first-order valence-electron chi connectivity index (χ1n) is 7.96. The number of halogens is 2. The van der Waals surface area contributed by atoms with E-state index in [1.54, 1.807) is 4.90 Å². The monoisotopic (exact) mass is 363 g/mol. The Morgan fingerprint density at radius 1 is 1.12 bits per heavy atom. The van der Waals surface area contributed by atoms with Gasteiger partial charge in [0.25, 0.3) is 5.91 Å². The van der Waals surface area contributed by atoms with Crippen molar-refractivity contribution in [1.29, 1.82) is 0 Å². The van der Waals surface area contributed by atoms with Crippen molar-refractivity contribution in [3.05, 3.63) is 46.7 Å². The van der Waals surface area contributed by atoms with Crippen molar-refractivity contribution in [3.8, 4) is 0 Å². The molecule has 1 aromatic heterocycles. The highest BCUT2D eigenvalue weighted by atomic mass is 35.5. The van der Waals surface area contributed by atoms with Crippen molar-refractivity contribution < 1.29 is 9.18 Å². The van der Waals surface area contributed by atoms with Gasteiger partial charge in [-0.2, -0.15) is 0 Å². The van der Waals surface area contributed by atoms with Gasteiger partial charge in [-0.25, -0.2) is 4.39 Å². The lowest BCUT2D eigenvalue weighted by molar-refractivity contribution is 0.0742. The van der Waals surface area contributed by atoms with Gasteiger partial charge in [0.15, 0.2) is 11.6 Å². The van der Waals surface area contributed by atoms with E-state index in [1.807, 2.05) is 31.1 Å². The topological polar surface area (TPSA) is 52.6 Å². The van der Waals surface area contributed by atoms with Gasteiger partial charge in [0, 0.05) is 40.3 Å². The number of rotatable bonds is 3. The molecule has 1 aliphatic rings. The van der Waals surface area contributed by atoms with E-state index in [9.17, 15) is 9.18 Å². The van der Waals surface area contributed by atoms with E-state index in [0.717, 1.165) is 11.6 Å². The fourth-order valence-electron chi connectivity index (χ4n) is 2.72. The Labute approximate surface area is 150 Å². The predicted octanol–water partition coefficient (Wildman–Crippen LogP) is 2.30. The number of amides is 1. The molecule has 0 aliphatic carbocycles. The maximum absolute atomic E-state index is 13.9. The summed E-state index contributed by atoms with van der Waals surface area (Å²) in [6.45, 7) is 2.16. The van der Waals surface area contributed by atoms with E-state index in [-0.39, 0.29) is 16.5 Å². The van der Waals surface area contributed by atoms with Crippen molar-refractivity contribution >= 4 is 29.1 Å². The normalized spacial score (nSPS) is 14.6. The summed E-state index contributed by atoms with van der Waals surface area (Å²) in [5, 5.41) is 8.53. The summed E-state index contributed by atoms with van der Waals surface area (Å²) < 4.78 is 13.9. The third kappa shape index (κ3) is 3.66. The molecule has 6 nitrogen and oxygen atoms in total. The van der Waals surface area contributed by atoms with Gasteiger partial charge < -0.3 is 14.7 Å². The smallest absolute Gasteiger partial charge is 0.258 e. The Hall–Kier alpha value is -2.41. The van der Waals surface area contributed by atoms with Crippen molar-refractivity contribution in [3.63, 3.8) is 0 Å². The van der Waals surface area contributed by atoms with E-state index in [2.05, 4.69) is 15.1 Å². The van der Waals surface area contributed by atoms with Crippen LogP contribution in [-0.4, -0.2) is 61.3 Å². The van der Waals surface area contributed by atoms with E-state index in [0.29, 0.717) is 26.2 Å². The van der Waals surface area contributed by atoms with E-state index >= 15 is 0 Å². The Morgan fingerprint density at radius 3 is 2.40 bits per heavy atom. The van der Waals surface area contributed by atoms with Crippen LogP contribution in [0.5, 0.6) is 0 Å². The number of piperazine rings is 1. The van der Waals surface area contributed by atoms with Crippen LogP contribution in [0.4, 0.5) is 16.0 Å². The molecule has 0 saturated carbocycles. The minimum absolute atomic E-state index is 0.0623. The number of aromatic nitrogens is 2. The van der Waals surface area contributed by atoms with Gasteiger partial charge in [-0.1, -0.05) is 17.7 Å². The van der Waals surface area contributed by atoms with Crippen LogP contribution < -0.4 is 9.80 Å². The molecule has 0 radical (unpaired) electrons. The SMILES string of the molecule is CN(C)c1ccc(N2CCN(C(=O)c3c(F)cccc3Cl)CC2)nn1. The lowest BCUT2D eigenvalue weighted by Crippen LogP contribution is -2.49. The van der Waals surface area contributed by atoms with Gasteiger partial charge in [-0.3, -0.25) is 4.79 Å². The van der Waals surface area contributed by atoms with Gasteiger partial charge >= 0.3 is 0 Å². The molecule has 2 aromatic rings. The fourth-order valence-corrected chi connectivity index (χ4v) is 2.97. The number of anilines is 2. The summed E-state index contributed by atoms with van der Waals surface area (Å²) in [4.78, 5) is 18.1. The quantitative estimate of drug-likeness (QED) is 0.837. The summed E-state index contributed by atoms with van der Waals surface area (Å²) in [6.07, 6.45) is 0. The zero-order valence-corrected chi connectivity index (χ0v) is 14.9. The summed E-state index contributed by atoms with van der Waals surface area (Å²) >= 11 is 5.99. The average molecular weight is 364 g/mol. The van der Waals surface area contributed by atoms with Crippen LogP contribution in [0, 0.1) is 5.82 Å². The van der Waals surface area contributed by atoms with E-state index < -0.39 is 5.82 Å². The van der Waals surface area contributed by atoms with Crippen LogP contribution in [0.25, 0.3) is 0 Å². The molecule has 1 aromatic carbocycles. The fraction of sp³-hybridized carbons (Fsp3) is 0.353. The van der Waals surface area contributed by atoms with Crippen molar-refractivity contribution in [1.82, 2.24) is 15.1 Å². The zero-order chi connectivity index (χ0) is 18.0. The first kappa shape index (κ1) is 17.4. The molecule has 3 rings (SSSR count). The van der Waals surface area contributed by atoms with Crippen LogP contribution in [-0.2, 0) is 0 Å². The number of hydrogen-bond donors (Lipinski definition) is 0. The van der Waals surface area contributed by atoms with Gasteiger partial charge in [-0.15, -0.1) is 10.2 Å². The second-order valence-corrected chi connectivity index (χ2v) is 6.43. The molecule has 0 spiro atoms. The molecule has 0 bridgehead atoms. The maximum Gasteiger partial charge on any atom is 0.258 e. The molecule has 1 saturated heterocycles. The Balaban J connectivity index is 1.66. The number of carbonyl (C=O) groups is 1. The number of carbonyl (C=O) groups excluding carboxylic acids is 1.